The molecule has 0 saturated carbocycles. The van der Waals surface area contributed by atoms with E-state index < -0.39 is 0 Å². The highest BCUT2D eigenvalue weighted by Crippen LogP contribution is 2.39. The molecule has 2 aromatic carbocycles. The number of rotatable bonds is 12. The number of carbonyl (C=O) groups is 1. The number of aliphatic hydroxyl groups is 1. The zero-order valence-electron chi connectivity index (χ0n) is 24.1. The van der Waals surface area contributed by atoms with Crippen LogP contribution in [-0.4, -0.2) is 30.5 Å². The average molecular weight is 577 g/mol. The van der Waals surface area contributed by atoms with Crippen molar-refractivity contribution in [2.75, 3.05) is 19.6 Å². The normalized spacial score (nSPS) is 13.4. The van der Waals surface area contributed by atoms with E-state index in [1.165, 1.54) is 18.3 Å². The maximum atomic E-state index is 12.4. The van der Waals surface area contributed by atoms with Crippen molar-refractivity contribution in [2.24, 2.45) is 10.9 Å². The SMILES string of the molecule is C=C(O)c1sc(/N=C(\C)C(/C=C\c2ccc(OCc3cc4c(cc3N)OCO4)c(OC)c2)CCC)c(C(C)=O)c1C. The maximum Gasteiger partial charge on any atom is 0.231 e. The summed E-state index contributed by atoms with van der Waals surface area (Å²) < 4.78 is 22.5. The second-order valence-electron chi connectivity index (χ2n) is 9.85. The molecular formula is C32H36N2O6S. The van der Waals surface area contributed by atoms with Gasteiger partial charge in [0.05, 0.1) is 17.6 Å². The van der Waals surface area contributed by atoms with Gasteiger partial charge in [-0.25, -0.2) is 4.99 Å². The van der Waals surface area contributed by atoms with Crippen LogP contribution >= 0.6 is 11.3 Å². The lowest BCUT2D eigenvalue weighted by molar-refractivity contribution is 0.101. The summed E-state index contributed by atoms with van der Waals surface area (Å²) >= 11 is 1.28. The van der Waals surface area contributed by atoms with Crippen LogP contribution in [0, 0.1) is 12.8 Å². The number of fused-ring (bicyclic) bond motifs is 1. The minimum Gasteiger partial charge on any atom is -0.507 e. The van der Waals surface area contributed by atoms with Gasteiger partial charge in [0.15, 0.2) is 28.8 Å². The lowest BCUT2D eigenvalue weighted by Crippen LogP contribution is -2.08. The van der Waals surface area contributed by atoms with Gasteiger partial charge in [0, 0.05) is 28.9 Å². The monoisotopic (exact) mass is 576 g/mol. The molecule has 3 aromatic rings. The van der Waals surface area contributed by atoms with E-state index in [2.05, 4.69) is 19.6 Å². The molecule has 0 fully saturated rings. The largest absolute Gasteiger partial charge is 0.507 e. The minimum atomic E-state index is -0.0870. The van der Waals surface area contributed by atoms with Crippen LogP contribution in [0.25, 0.3) is 11.8 Å². The zero-order chi connectivity index (χ0) is 29.7. The number of aliphatic hydroxyl groups excluding tert-OH is 1. The Morgan fingerprint density at radius 2 is 1.95 bits per heavy atom. The van der Waals surface area contributed by atoms with E-state index >= 15 is 0 Å². The number of aliphatic imine (C=N–C) groups is 1. The second-order valence-corrected chi connectivity index (χ2v) is 10.8. The van der Waals surface area contributed by atoms with Gasteiger partial charge in [-0.1, -0.05) is 38.1 Å². The molecule has 1 aliphatic heterocycles. The maximum absolute atomic E-state index is 12.4. The third kappa shape index (κ3) is 6.74. The molecule has 0 spiro atoms. The molecule has 2 heterocycles. The Kier molecular flexibility index (Phi) is 9.39. The molecule has 41 heavy (non-hydrogen) atoms. The highest BCUT2D eigenvalue weighted by Gasteiger charge is 2.21. The molecule has 1 aromatic heterocycles. The summed E-state index contributed by atoms with van der Waals surface area (Å²) in [5, 5.41) is 10.6. The van der Waals surface area contributed by atoms with Crippen LogP contribution in [0.5, 0.6) is 23.0 Å². The fraction of sp³-hybridized carbons (Fsp3) is 0.312. The van der Waals surface area contributed by atoms with E-state index in [-0.39, 0.29) is 30.9 Å². The number of allylic oxidation sites excluding steroid dienone is 1. The Balaban J connectivity index is 1.53. The Labute approximate surface area is 244 Å². The van der Waals surface area contributed by atoms with Crippen LogP contribution in [0.3, 0.4) is 0 Å². The van der Waals surface area contributed by atoms with Crippen molar-refractivity contribution >= 4 is 45.4 Å². The quantitative estimate of drug-likeness (QED) is 0.0975. The number of ether oxygens (including phenoxy) is 4. The first kappa shape index (κ1) is 29.7. The molecule has 216 valence electrons. The summed E-state index contributed by atoms with van der Waals surface area (Å²) in [4.78, 5) is 17.8. The third-order valence-electron chi connectivity index (χ3n) is 6.88. The van der Waals surface area contributed by atoms with E-state index in [0.717, 1.165) is 29.7 Å². The first-order valence-corrected chi connectivity index (χ1v) is 14.2. The first-order valence-electron chi connectivity index (χ1n) is 13.4. The van der Waals surface area contributed by atoms with Crippen LogP contribution in [0.15, 0.2) is 48.0 Å². The first-order chi connectivity index (χ1) is 19.6. The van der Waals surface area contributed by atoms with Gasteiger partial charge in [-0.05, 0) is 56.5 Å². The number of thiophene rings is 1. The standard InChI is InChI=1S/C32H36N2O6S/c1-7-8-23(19(3)34-32-30(20(4)35)18(2)31(41-32)21(5)36)11-9-22-10-12-26(27(13-22)37-6)38-16-24-14-28-29(15-25(24)33)40-17-39-28/h9-15,23,36H,5,7-8,16-17,33H2,1-4,6H3/b11-9-,34-19+. The summed E-state index contributed by atoms with van der Waals surface area (Å²) in [6.07, 6.45) is 6.00. The summed E-state index contributed by atoms with van der Waals surface area (Å²) in [5.74, 6) is 2.38. The molecule has 3 N–H and O–H groups in total. The summed E-state index contributed by atoms with van der Waals surface area (Å²) in [5.41, 5.74) is 10.6. The fourth-order valence-corrected chi connectivity index (χ4v) is 5.83. The molecule has 0 radical (unpaired) electrons. The van der Waals surface area contributed by atoms with Crippen LogP contribution in [0.4, 0.5) is 10.7 Å². The van der Waals surface area contributed by atoms with E-state index in [0.29, 0.717) is 49.7 Å². The van der Waals surface area contributed by atoms with Crippen molar-refractivity contribution in [2.45, 2.75) is 47.1 Å². The fourth-order valence-electron chi connectivity index (χ4n) is 4.68. The Bertz CT molecular complexity index is 1520. The smallest absolute Gasteiger partial charge is 0.231 e. The highest BCUT2D eigenvalue weighted by molar-refractivity contribution is 7.17. The number of hydrogen-bond acceptors (Lipinski definition) is 9. The topological polar surface area (TPSA) is 113 Å². The minimum absolute atomic E-state index is 0.0545. The number of Topliss-reactive ketones (excluding diaryl/α,β-unsaturated/α-hetero) is 1. The number of benzene rings is 2. The summed E-state index contributed by atoms with van der Waals surface area (Å²) in [6, 6.07) is 9.32. The van der Waals surface area contributed by atoms with Crippen LogP contribution in [0.1, 0.15) is 65.5 Å². The van der Waals surface area contributed by atoms with Gasteiger partial charge < -0.3 is 29.8 Å². The summed E-state index contributed by atoms with van der Waals surface area (Å²) in [6.45, 7) is 11.5. The number of carbonyl (C=O) groups excluding carboxylic acids is 1. The predicted octanol–water partition coefficient (Wildman–Crippen LogP) is 7.91. The Morgan fingerprint density at radius 3 is 2.61 bits per heavy atom. The average Bonchev–Trinajstić information content (AvgIpc) is 3.52. The van der Waals surface area contributed by atoms with E-state index in [1.54, 1.807) is 13.2 Å². The number of ketones is 1. The molecular weight excluding hydrogens is 540 g/mol. The molecule has 1 aliphatic rings. The zero-order valence-corrected chi connectivity index (χ0v) is 24.9. The van der Waals surface area contributed by atoms with Gasteiger partial charge >= 0.3 is 0 Å². The van der Waals surface area contributed by atoms with Gasteiger partial charge in [-0.2, -0.15) is 0 Å². The number of nitrogen functional groups attached to an aromatic ring is 1. The van der Waals surface area contributed by atoms with Crippen LogP contribution < -0.4 is 24.7 Å². The van der Waals surface area contributed by atoms with Gasteiger partial charge in [-0.3, -0.25) is 4.79 Å². The second kappa shape index (κ2) is 13.0. The molecule has 9 heteroatoms. The van der Waals surface area contributed by atoms with Crippen molar-refractivity contribution in [3.05, 3.63) is 70.1 Å². The molecule has 0 amide bonds. The van der Waals surface area contributed by atoms with E-state index in [1.807, 2.05) is 44.2 Å². The molecule has 1 atom stereocenters. The van der Waals surface area contributed by atoms with Gasteiger partial charge in [0.25, 0.3) is 0 Å². The lowest BCUT2D eigenvalue weighted by atomic mass is 9.97. The molecule has 0 saturated heterocycles. The highest BCUT2D eigenvalue weighted by atomic mass is 32.1. The van der Waals surface area contributed by atoms with Crippen molar-refractivity contribution in [3.8, 4) is 23.0 Å². The van der Waals surface area contributed by atoms with Crippen molar-refractivity contribution in [1.29, 1.82) is 0 Å². The lowest BCUT2D eigenvalue weighted by Gasteiger charge is -2.14. The molecule has 0 bridgehead atoms. The van der Waals surface area contributed by atoms with Crippen LogP contribution in [0.2, 0.25) is 0 Å². The van der Waals surface area contributed by atoms with Crippen molar-refractivity contribution < 1.29 is 28.8 Å². The number of nitrogens with two attached hydrogens (primary N) is 1. The van der Waals surface area contributed by atoms with Crippen molar-refractivity contribution in [1.82, 2.24) is 0 Å². The number of nitrogens with zero attached hydrogens (tertiary/aromatic N) is 1. The number of anilines is 1. The molecule has 0 aliphatic carbocycles. The molecule has 1 unspecified atom stereocenters. The van der Waals surface area contributed by atoms with Gasteiger partial charge in [-0.15, -0.1) is 11.3 Å². The van der Waals surface area contributed by atoms with Gasteiger partial charge in [0.1, 0.15) is 17.4 Å². The number of methoxy groups -OCH3 is 1. The van der Waals surface area contributed by atoms with E-state index in [4.69, 9.17) is 29.7 Å². The third-order valence-corrected chi connectivity index (χ3v) is 8.12. The molecule has 8 nitrogen and oxygen atoms in total. The molecule has 4 rings (SSSR count). The van der Waals surface area contributed by atoms with Crippen molar-refractivity contribution in [3.63, 3.8) is 0 Å². The van der Waals surface area contributed by atoms with E-state index in [9.17, 15) is 9.90 Å². The van der Waals surface area contributed by atoms with Crippen LogP contribution in [-0.2, 0) is 6.61 Å². The summed E-state index contributed by atoms with van der Waals surface area (Å²) in [7, 11) is 1.60. The van der Waals surface area contributed by atoms with Gasteiger partial charge in [0.2, 0.25) is 6.79 Å². The predicted molar refractivity (Wildman–Crippen MR) is 165 cm³/mol. The number of hydrogen-bond donors (Lipinski definition) is 2. The Morgan fingerprint density at radius 1 is 1.22 bits per heavy atom. The Hall–Kier alpha value is -4.24.